The Morgan fingerprint density at radius 2 is 1.89 bits per heavy atom. The number of anilines is 1. The number of halogens is 1. The van der Waals surface area contributed by atoms with Gasteiger partial charge in [-0.15, -0.1) is 0 Å². The quantitative estimate of drug-likeness (QED) is 0.885. The summed E-state index contributed by atoms with van der Waals surface area (Å²) < 4.78 is 13.3. The van der Waals surface area contributed by atoms with Crippen molar-refractivity contribution in [3.8, 4) is 6.07 Å². The van der Waals surface area contributed by atoms with Gasteiger partial charge in [0.15, 0.2) is 0 Å². The van der Waals surface area contributed by atoms with Gasteiger partial charge in [0.05, 0.1) is 6.07 Å². The average Bonchev–Trinajstić information content (AvgIpc) is 2.36. The smallest absolute Gasteiger partial charge is 0.140 e. The van der Waals surface area contributed by atoms with E-state index in [1.807, 2.05) is 43.3 Å². The molecule has 1 N–H and O–H groups in total. The highest BCUT2D eigenvalue weighted by Gasteiger charge is 2.10. The number of rotatable bonds is 3. The molecule has 90 valence electrons. The summed E-state index contributed by atoms with van der Waals surface area (Å²) in [5.74, 6) is -0.303. The summed E-state index contributed by atoms with van der Waals surface area (Å²) in [7, 11) is 0. The Labute approximate surface area is 106 Å². The molecule has 0 saturated carbocycles. The van der Waals surface area contributed by atoms with Gasteiger partial charge in [0.1, 0.15) is 11.9 Å². The molecule has 0 fully saturated rings. The molecule has 1 atom stereocenters. The molecule has 2 nitrogen and oxygen atoms in total. The Kier molecular flexibility index (Phi) is 3.59. The lowest BCUT2D eigenvalue weighted by molar-refractivity contribution is 0.627. The highest BCUT2D eigenvalue weighted by atomic mass is 19.1. The van der Waals surface area contributed by atoms with Crippen LogP contribution in [0.5, 0.6) is 0 Å². The van der Waals surface area contributed by atoms with E-state index < -0.39 is 6.04 Å². The average molecular weight is 240 g/mol. The number of benzene rings is 2. The topological polar surface area (TPSA) is 35.8 Å². The van der Waals surface area contributed by atoms with E-state index in [1.165, 1.54) is 12.1 Å². The molecule has 3 heteroatoms. The van der Waals surface area contributed by atoms with Crippen molar-refractivity contribution in [1.82, 2.24) is 0 Å². The molecule has 0 aliphatic heterocycles. The number of hydrogen-bond donors (Lipinski definition) is 1. The Hall–Kier alpha value is -2.34. The standard InChI is InChI=1S/C15H13FN2/c1-11-7-13(16)9-14(8-11)18-15(10-17)12-5-3-2-4-6-12/h2-9,15,18H,1H3. The first-order valence-corrected chi connectivity index (χ1v) is 5.67. The zero-order chi connectivity index (χ0) is 13.0. The van der Waals surface area contributed by atoms with E-state index in [9.17, 15) is 9.65 Å². The van der Waals surface area contributed by atoms with Crippen LogP contribution in [0.15, 0.2) is 48.5 Å². The minimum Gasteiger partial charge on any atom is -0.366 e. The van der Waals surface area contributed by atoms with Crippen LogP contribution in [0, 0.1) is 24.1 Å². The molecule has 2 aromatic rings. The van der Waals surface area contributed by atoms with Crippen LogP contribution in [0.3, 0.4) is 0 Å². The van der Waals surface area contributed by atoms with E-state index in [1.54, 1.807) is 0 Å². The number of nitrogens with zero attached hydrogens (tertiary/aromatic N) is 1. The minimum absolute atomic E-state index is 0.303. The first-order chi connectivity index (χ1) is 8.69. The summed E-state index contributed by atoms with van der Waals surface area (Å²) in [5.41, 5.74) is 2.30. The largest absolute Gasteiger partial charge is 0.366 e. The Morgan fingerprint density at radius 1 is 1.17 bits per heavy atom. The predicted octanol–water partition coefficient (Wildman–Crippen LogP) is 3.81. The fourth-order valence-corrected chi connectivity index (χ4v) is 1.82. The van der Waals surface area contributed by atoms with Crippen molar-refractivity contribution in [1.29, 1.82) is 5.26 Å². The normalized spacial score (nSPS) is 11.6. The van der Waals surface area contributed by atoms with Gasteiger partial charge in [-0.3, -0.25) is 0 Å². The van der Waals surface area contributed by atoms with Gasteiger partial charge >= 0.3 is 0 Å². The molecule has 1 unspecified atom stereocenters. The molecule has 0 aromatic heterocycles. The van der Waals surface area contributed by atoms with Gasteiger partial charge in [-0.2, -0.15) is 5.26 Å². The molecule has 18 heavy (non-hydrogen) atoms. The van der Waals surface area contributed by atoms with Gasteiger partial charge in [0.2, 0.25) is 0 Å². The zero-order valence-corrected chi connectivity index (χ0v) is 10.0. The lowest BCUT2D eigenvalue weighted by Gasteiger charge is -2.13. The van der Waals surface area contributed by atoms with E-state index in [-0.39, 0.29) is 5.82 Å². The second-order valence-corrected chi connectivity index (χ2v) is 4.13. The number of aryl methyl sites for hydroxylation is 1. The second kappa shape index (κ2) is 5.33. The molecular weight excluding hydrogens is 227 g/mol. The lowest BCUT2D eigenvalue weighted by Crippen LogP contribution is -2.08. The fourth-order valence-electron chi connectivity index (χ4n) is 1.82. The molecule has 0 amide bonds. The van der Waals surface area contributed by atoms with Crippen LogP contribution in [-0.4, -0.2) is 0 Å². The SMILES string of the molecule is Cc1cc(F)cc(NC(C#N)c2ccccc2)c1. The highest BCUT2D eigenvalue weighted by Crippen LogP contribution is 2.20. The third-order valence-corrected chi connectivity index (χ3v) is 2.62. The van der Waals surface area contributed by atoms with Crippen LogP contribution in [0.4, 0.5) is 10.1 Å². The maximum absolute atomic E-state index is 13.3. The molecule has 0 spiro atoms. The Balaban J connectivity index is 2.24. The molecular formula is C15H13FN2. The minimum atomic E-state index is -0.479. The highest BCUT2D eigenvalue weighted by molar-refractivity contribution is 5.49. The van der Waals surface area contributed by atoms with Crippen molar-refractivity contribution in [3.63, 3.8) is 0 Å². The predicted molar refractivity (Wildman–Crippen MR) is 69.6 cm³/mol. The molecule has 2 rings (SSSR count). The number of hydrogen-bond acceptors (Lipinski definition) is 2. The first kappa shape index (κ1) is 12.1. The third-order valence-electron chi connectivity index (χ3n) is 2.62. The zero-order valence-electron chi connectivity index (χ0n) is 10.0. The van der Waals surface area contributed by atoms with Gasteiger partial charge in [-0.25, -0.2) is 4.39 Å². The van der Waals surface area contributed by atoms with Gasteiger partial charge in [0, 0.05) is 5.69 Å². The summed E-state index contributed by atoms with van der Waals surface area (Å²) in [6.07, 6.45) is 0. The molecule has 0 radical (unpaired) electrons. The van der Waals surface area contributed by atoms with Crippen molar-refractivity contribution >= 4 is 5.69 Å². The van der Waals surface area contributed by atoms with Crippen molar-refractivity contribution < 1.29 is 4.39 Å². The Morgan fingerprint density at radius 3 is 2.50 bits per heavy atom. The van der Waals surface area contributed by atoms with Crippen LogP contribution < -0.4 is 5.32 Å². The van der Waals surface area contributed by atoms with Gasteiger partial charge in [-0.05, 0) is 36.2 Å². The van der Waals surface area contributed by atoms with E-state index in [4.69, 9.17) is 0 Å². The van der Waals surface area contributed by atoms with Crippen LogP contribution in [0.2, 0.25) is 0 Å². The lowest BCUT2D eigenvalue weighted by atomic mass is 10.1. The van der Waals surface area contributed by atoms with Crippen molar-refractivity contribution in [2.45, 2.75) is 13.0 Å². The van der Waals surface area contributed by atoms with Gasteiger partial charge in [-0.1, -0.05) is 30.3 Å². The molecule has 0 aliphatic carbocycles. The summed E-state index contributed by atoms with van der Waals surface area (Å²) in [6, 6.07) is 15.7. The molecule has 0 heterocycles. The van der Waals surface area contributed by atoms with Crippen LogP contribution in [0.25, 0.3) is 0 Å². The monoisotopic (exact) mass is 240 g/mol. The van der Waals surface area contributed by atoms with Gasteiger partial charge < -0.3 is 5.32 Å². The molecule has 0 saturated heterocycles. The van der Waals surface area contributed by atoms with E-state index >= 15 is 0 Å². The summed E-state index contributed by atoms with van der Waals surface area (Å²) >= 11 is 0. The number of nitrogens with one attached hydrogen (secondary N) is 1. The van der Waals surface area contributed by atoms with Crippen LogP contribution in [0.1, 0.15) is 17.2 Å². The summed E-state index contributed by atoms with van der Waals surface area (Å²) in [4.78, 5) is 0. The Bertz CT molecular complexity index is 553. The van der Waals surface area contributed by atoms with E-state index in [2.05, 4.69) is 11.4 Å². The van der Waals surface area contributed by atoms with E-state index in [0.29, 0.717) is 5.69 Å². The molecule has 0 aliphatic rings. The number of nitriles is 1. The maximum Gasteiger partial charge on any atom is 0.140 e. The third kappa shape index (κ3) is 2.86. The fraction of sp³-hybridized carbons (Fsp3) is 0.133. The summed E-state index contributed by atoms with van der Waals surface area (Å²) in [6.45, 7) is 1.82. The summed E-state index contributed by atoms with van der Waals surface area (Å²) in [5, 5.41) is 12.2. The van der Waals surface area contributed by atoms with E-state index in [0.717, 1.165) is 11.1 Å². The van der Waals surface area contributed by atoms with Crippen molar-refractivity contribution in [3.05, 3.63) is 65.5 Å². The van der Waals surface area contributed by atoms with Crippen LogP contribution >= 0.6 is 0 Å². The molecule has 2 aromatic carbocycles. The van der Waals surface area contributed by atoms with Crippen LogP contribution in [-0.2, 0) is 0 Å². The van der Waals surface area contributed by atoms with Crippen molar-refractivity contribution in [2.24, 2.45) is 0 Å². The first-order valence-electron chi connectivity index (χ1n) is 5.67. The van der Waals surface area contributed by atoms with Gasteiger partial charge in [0.25, 0.3) is 0 Å². The maximum atomic E-state index is 13.3. The van der Waals surface area contributed by atoms with Crippen molar-refractivity contribution in [2.75, 3.05) is 5.32 Å². The molecule has 0 bridgehead atoms. The second-order valence-electron chi connectivity index (χ2n) is 4.13.